The lowest BCUT2D eigenvalue weighted by atomic mass is 10.0. The van der Waals surface area contributed by atoms with Gasteiger partial charge in [0, 0.05) is 15.3 Å². The maximum Gasteiger partial charge on any atom is 0.0529 e. The third-order valence-corrected chi connectivity index (χ3v) is 9.02. The molecule has 0 aliphatic rings. The van der Waals surface area contributed by atoms with E-state index in [0.717, 1.165) is 0 Å². The highest BCUT2D eigenvalue weighted by Crippen LogP contribution is 2.40. The normalized spacial score (nSPS) is 10.8. The zero-order valence-corrected chi connectivity index (χ0v) is 23.6. The van der Waals surface area contributed by atoms with Gasteiger partial charge in [-0.1, -0.05) is 129 Å². The molecule has 0 radical (unpaired) electrons. The van der Waals surface area contributed by atoms with E-state index in [4.69, 9.17) is 0 Å². The van der Waals surface area contributed by atoms with E-state index in [1.54, 1.807) is 11.3 Å². The zero-order chi connectivity index (χ0) is 23.4. The average molecular weight is 503 g/mol. The largest absolute Gasteiger partial charge is 0.144 e. The summed E-state index contributed by atoms with van der Waals surface area (Å²) in [5, 5.41) is 6.43. The molecule has 3 rings (SSSR count). The van der Waals surface area contributed by atoms with Crippen molar-refractivity contribution >= 4 is 34.0 Å². The Labute approximate surface area is 216 Å². The Bertz CT molecular complexity index is 703. The van der Waals surface area contributed by atoms with Crippen molar-refractivity contribution in [3.63, 3.8) is 0 Å². The fourth-order valence-corrected chi connectivity index (χ4v) is 6.77. The van der Waals surface area contributed by atoms with Crippen molar-refractivity contribution in [2.75, 3.05) is 0 Å². The van der Waals surface area contributed by atoms with Crippen LogP contribution in [0.1, 0.15) is 117 Å². The van der Waals surface area contributed by atoms with Gasteiger partial charge in [-0.15, -0.1) is 34.0 Å². The Hall–Kier alpha value is -0.900. The van der Waals surface area contributed by atoms with Crippen LogP contribution in [-0.4, -0.2) is 0 Å². The summed E-state index contributed by atoms with van der Waals surface area (Å²) in [4.78, 5) is 4.13. The molecule has 0 saturated carbocycles. The van der Waals surface area contributed by atoms with Gasteiger partial charge in [-0.25, -0.2) is 0 Å². The van der Waals surface area contributed by atoms with Crippen LogP contribution in [0.15, 0.2) is 46.5 Å². The van der Waals surface area contributed by atoms with Crippen molar-refractivity contribution in [3.8, 4) is 20.2 Å². The van der Waals surface area contributed by atoms with Gasteiger partial charge in [-0.05, 0) is 34.3 Å². The van der Waals surface area contributed by atoms with Gasteiger partial charge in [0.1, 0.15) is 0 Å². The van der Waals surface area contributed by atoms with Gasteiger partial charge in [0.05, 0.1) is 4.88 Å². The molecule has 0 atom stereocenters. The van der Waals surface area contributed by atoms with E-state index in [0.29, 0.717) is 0 Å². The lowest BCUT2D eigenvalue weighted by Gasteiger charge is -2.03. The molecule has 0 N–H and O–H groups in total. The third kappa shape index (κ3) is 12.4. The maximum absolute atomic E-state index is 2.29. The molecule has 0 aliphatic carbocycles. The molecule has 0 nitrogen and oxygen atoms in total. The van der Waals surface area contributed by atoms with Crippen LogP contribution in [0, 0.1) is 0 Å². The predicted octanol–water partition coefficient (Wildman–Crippen LogP) is 12.5. The Morgan fingerprint density at radius 1 is 0.455 bits per heavy atom. The molecule has 0 aromatic carbocycles. The summed E-state index contributed by atoms with van der Waals surface area (Å²) in [6.07, 6.45) is 23.4. The molecule has 0 aliphatic heterocycles. The van der Waals surface area contributed by atoms with Crippen molar-refractivity contribution in [2.24, 2.45) is 0 Å². The summed E-state index contributed by atoms with van der Waals surface area (Å²) in [6, 6.07) is 10.8. The molecule has 0 saturated heterocycles. The van der Waals surface area contributed by atoms with Crippen LogP contribution in [0.3, 0.4) is 0 Å². The summed E-state index contributed by atoms with van der Waals surface area (Å²) in [5.74, 6) is 0. The van der Waals surface area contributed by atoms with Crippen LogP contribution < -0.4 is 0 Å². The molecule has 184 valence electrons. The second-order valence-corrected chi connectivity index (χ2v) is 11.9. The predicted molar refractivity (Wildman–Crippen MR) is 156 cm³/mol. The first-order valence-electron chi connectivity index (χ1n) is 13.5. The maximum atomic E-state index is 2.29. The van der Waals surface area contributed by atoms with Crippen LogP contribution in [-0.2, 0) is 0 Å². The smallest absolute Gasteiger partial charge is 0.0529 e. The Morgan fingerprint density at radius 3 is 1.27 bits per heavy atom. The molecule has 0 amide bonds. The molecule has 3 aromatic heterocycles. The van der Waals surface area contributed by atoms with Crippen molar-refractivity contribution in [2.45, 2.75) is 117 Å². The first-order valence-corrected chi connectivity index (χ1v) is 16.2. The first kappa shape index (κ1) is 28.3. The highest BCUT2D eigenvalue weighted by Gasteiger charge is 2.10. The molecule has 0 fully saturated rings. The van der Waals surface area contributed by atoms with Gasteiger partial charge >= 0.3 is 0 Å². The fraction of sp³-hybridized carbons (Fsp3) is 0.600. The minimum Gasteiger partial charge on any atom is -0.144 e. The van der Waals surface area contributed by atoms with Gasteiger partial charge in [0.15, 0.2) is 0 Å². The first-order chi connectivity index (χ1) is 16.4. The molecule has 0 unspecified atom stereocenters. The molecule has 0 bridgehead atoms. The SMILES string of the molecule is CCCCCCCCCCCCCCCCCC.c1csc(-c2ccsc2-c2cccs2)c1. The van der Waals surface area contributed by atoms with Crippen LogP contribution in [0.25, 0.3) is 20.2 Å². The highest BCUT2D eigenvalue weighted by molar-refractivity contribution is 7.21. The van der Waals surface area contributed by atoms with Gasteiger partial charge in [-0.3, -0.25) is 0 Å². The topological polar surface area (TPSA) is 0 Å². The number of hydrogen-bond donors (Lipinski definition) is 0. The number of hydrogen-bond acceptors (Lipinski definition) is 3. The van der Waals surface area contributed by atoms with E-state index in [1.165, 1.54) is 123 Å². The van der Waals surface area contributed by atoms with Crippen molar-refractivity contribution < 1.29 is 0 Å². The van der Waals surface area contributed by atoms with Gasteiger partial charge in [-0.2, -0.15) is 0 Å². The van der Waals surface area contributed by atoms with Crippen LogP contribution in [0.2, 0.25) is 0 Å². The zero-order valence-electron chi connectivity index (χ0n) is 21.2. The summed E-state index contributed by atoms with van der Waals surface area (Å²) in [6.45, 7) is 4.59. The summed E-state index contributed by atoms with van der Waals surface area (Å²) in [5.41, 5.74) is 1.37. The van der Waals surface area contributed by atoms with E-state index in [1.807, 2.05) is 22.7 Å². The standard InChI is InChI=1S/C18H38.C12H8S3/c1-3-5-7-9-11-13-15-17-18-16-14-12-10-8-6-4-2;1-3-10(13-6-1)9-5-8-15-12(9)11-4-2-7-14-11/h3-18H2,1-2H3;1-8H. The lowest BCUT2D eigenvalue weighted by Crippen LogP contribution is -1.83. The lowest BCUT2D eigenvalue weighted by molar-refractivity contribution is 0.531. The molecular formula is C30H46S3. The second-order valence-electron chi connectivity index (χ2n) is 9.07. The van der Waals surface area contributed by atoms with Gasteiger partial charge < -0.3 is 0 Å². The molecule has 3 heteroatoms. The molecule has 3 heterocycles. The highest BCUT2D eigenvalue weighted by atomic mass is 32.1. The van der Waals surface area contributed by atoms with Crippen molar-refractivity contribution in [3.05, 3.63) is 46.5 Å². The molecule has 0 spiro atoms. The number of rotatable bonds is 17. The van der Waals surface area contributed by atoms with E-state index in [2.05, 4.69) is 60.3 Å². The minimum absolute atomic E-state index is 1.36. The van der Waals surface area contributed by atoms with Crippen molar-refractivity contribution in [1.29, 1.82) is 0 Å². The van der Waals surface area contributed by atoms with Crippen LogP contribution >= 0.6 is 34.0 Å². The van der Waals surface area contributed by atoms with E-state index in [9.17, 15) is 0 Å². The Kier molecular flexibility index (Phi) is 16.7. The Morgan fingerprint density at radius 2 is 0.879 bits per heavy atom. The third-order valence-electron chi connectivity index (χ3n) is 6.15. The second kappa shape index (κ2) is 19.4. The van der Waals surface area contributed by atoms with Gasteiger partial charge in [0.25, 0.3) is 0 Å². The van der Waals surface area contributed by atoms with Gasteiger partial charge in [0.2, 0.25) is 0 Å². The molecule has 3 aromatic rings. The van der Waals surface area contributed by atoms with Crippen LogP contribution in [0.4, 0.5) is 0 Å². The number of unbranched alkanes of at least 4 members (excludes halogenated alkanes) is 15. The monoisotopic (exact) mass is 502 g/mol. The van der Waals surface area contributed by atoms with E-state index in [-0.39, 0.29) is 0 Å². The summed E-state index contributed by atoms with van der Waals surface area (Å²) < 4.78 is 0. The van der Waals surface area contributed by atoms with E-state index < -0.39 is 0 Å². The number of thiophene rings is 3. The van der Waals surface area contributed by atoms with Crippen molar-refractivity contribution in [1.82, 2.24) is 0 Å². The minimum atomic E-state index is 1.36. The van der Waals surface area contributed by atoms with Crippen LogP contribution in [0.5, 0.6) is 0 Å². The Balaban J connectivity index is 0.000000235. The fourth-order valence-electron chi connectivity index (χ4n) is 4.16. The average Bonchev–Trinajstić information content (AvgIpc) is 3.61. The molecular weight excluding hydrogens is 457 g/mol. The summed E-state index contributed by atoms with van der Waals surface area (Å²) >= 11 is 5.43. The molecule has 33 heavy (non-hydrogen) atoms. The van der Waals surface area contributed by atoms with E-state index >= 15 is 0 Å². The quantitative estimate of drug-likeness (QED) is 0.161. The summed E-state index contributed by atoms with van der Waals surface area (Å²) in [7, 11) is 0.